The fraction of sp³-hybridized carbons (Fsp3) is 0. The lowest BCUT2D eigenvalue weighted by Crippen LogP contribution is -1.91. The zero-order chi connectivity index (χ0) is 9.97. The summed E-state index contributed by atoms with van der Waals surface area (Å²) in [6.07, 6.45) is 6.88. The first-order valence-corrected chi connectivity index (χ1v) is 4.41. The molecule has 0 aliphatic carbocycles. The minimum Gasteiger partial charge on any atom is -0.275 e. The Morgan fingerprint density at radius 3 is 2.57 bits per heavy atom. The van der Waals surface area contributed by atoms with Crippen molar-refractivity contribution in [3.63, 3.8) is 0 Å². The van der Waals surface area contributed by atoms with Crippen LogP contribution in [0, 0.1) is 17.1 Å². The third-order valence-corrected chi connectivity index (χ3v) is 2.15. The van der Waals surface area contributed by atoms with E-state index in [4.69, 9.17) is 18.6 Å². The Bertz CT molecular complexity index is 527. The summed E-state index contributed by atoms with van der Waals surface area (Å²) in [5.41, 5.74) is 1.80. The number of aromatic amines is 1. The molecule has 1 N–H and O–H groups in total. The number of nitrogens with zero attached hydrogens (tertiary/aromatic N) is 2. The molecule has 3 nitrogen and oxygen atoms in total. The molecule has 0 aliphatic rings. The van der Waals surface area contributed by atoms with Gasteiger partial charge in [-0.15, -0.1) is 6.42 Å². The van der Waals surface area contributed by atoms with E-state index in [9.17, 15) is 0 Å². The predicted molar refractivity (Wildman–Crippen MR) is 56.7 cm³/mol. The fourth-order valence-electron chi connectivity index (χ4n) is 1.15. The molecule has 0 saturated carbocycles. The summed E-state index contributed by atoms with van der Waals surface area (Å²) in [6.45, 7) is 0. The molecule has 0 atom stereocenters. The lowest BCUT2D eigenvalue weighted by atomic mass is 10.2. The van der Waals surface area contributed by atoms with Crippen LogP contribution in [0.1, 0.15) is 5.56 Å². The molecule has 1 aromatic heterocycles. The summed E-state index contributed by atoms with van der Waals surface area (Å²) >= 11 is 5.03. The van der Waals surface area contributed by atoms with Crippen molar-refractivity contribution in [2.45, 2.75) is 0 Å². The zero-order valence-corrected chi connectivity index (χ0v) is 8.08. The topological polar surface area (TPSA) is 33.6 Å². The van der Waals surface area contributed by atoms with E-state index in [-0.39, 0.29) is 0 Å². The van der Waals surface area contributed by atoms with Gasteiger partial charge in [-0.2, -0.15) is 5.10 Å². The molecule has 0 bridgehead atoms. The first-order chi connectivity index (χ1) is 6.81. The van der Waals surface area contributed by atoms with Crippen molar-refractivity contribution < 1.29 is 0 Å². The van der Waals surface area contributed by atoms with E-state index in [1.807, 2.05) is 24.3 Å². The number of nitrogens with one attached hydrogen (secondary N) is 1. The number of rotatable bonds is 1. The minimum atomic E-state index is 0.568. The van der Waals surface area contributed by atoms with Crippen LogP contribution < -0.4 is 0 Å². The van der Waals surface area contributed by atoms with Gasteiger partial charge in [0.2, 0.25) is 0 Å². The Kier molecular flexibility index (Phi) is 2.17. The molecule has 68 valence electrons. The third-order valence-electron chi connectivity index (χ3n) is 1.86. The number of hydrogen-bond acceptors (Lipinski definition) is 2. The van der Waals surface area contributed by atoms with E-state index < -0.39 is 0 Å². The second-order valence-electron chi connectivity index (χ2n) is 2.72. The number of H-pyrrole nitrogens is 1. The number of aromatic nitrogens is 3. The van der Waals surface area contributed by atoms with Crippen LogP contribution in [-0.2, 0) is 0 Å². The maximum absolute atomic E-state index is 5.25. The van der Waals surface area contributed by atoms with Crippen LogP contribution in [-0.4, -0.2) is 14.8 Å². The molecule has 4 heteroatoms. The summed E-state index contributed by atoms with van der Waals surface area (Å²) in [5.74, 6) is 2.56. The maximum Gasteiger partial charge on any atom is 0.199 e. The predicted octanol–water partition coefficient (Wildman–Crippen LogP) is 1.91. The van der Waals surface area contributed by atoms with Crippen LogP contribution in [0.25, 0.3) is 5.69 Å². The van der Waals surface area contributed by atoms with Crippen molar-refractivity contribution in [2.24, 2.45) is 0 Å². The van der Waals surface area contributed by atoms with E-state index in [1.165, 1.54) is 0 Å². The second kappa shape index (κ2) is 3.48. The lowest BCUT2D eigenvalue weighted by Gasteiger charge is -2.00. The van der Waals surface area contributed by atoms with Crippen molar-refractivity contribution in [1.82, 2.24) is 14.8 Å². The van der Waals surface area contributed by atoms with Crippen LogP contribution in [0.2, 0.25) is 0 Å². The first kappa shape index (κ1) is 8.73. The molecular formula is C10H7N3S. The highest BCUT2D eigenvalue weighted by molar-refractivity contribution is 7.71. The molecule has 2 rings (SSSR count). The van der Waals surface area contributed by atoms with Crippen molar-refractivity contribution >= 4 is 12.2 Å². The Balaban J connectivity index is 2.50. The standard InChI is InChI=1S/C10H7N3S/c1-2-8-3-5-9(6-4-8)13-7-11-12-10(13)14/h1,3-7H,(H,12,14). The maximum atomic E-state index is 5.25. The monoisotopic (exact) mass is 201 g/mol. The highest BCUT2D eigenvalue weighted by atomic mass is 32.1. The van der Waals surface area contributed by atoms with Crippen molar-refractivity contribution in [2.75, 3.05) is 0 Å². The third kappa shape index (κ3) is 1.45. The van der Waals surface area contributed by atoms with Gasteiger partial charge in [0.25, 0.3) is 0 Å². The lowest BCUT2D eigenvalue weighted by molar-refractivity contribution is 1.03. The Hall–Kier alpha value is -1.86. The molecule has 0 saturated heterocycles. The molecule has 2 aromatic rings. The Morgan fingerprint density at radius 1 is 1.36 bits per heavy atom. The smallest absolute Gasteiger partial charge is 0.199 e. The second-order valence-corrected chi connectivity index (χ2v) is 3.11. The highest BCUT2D eigenvalue weighted by Gasteiger charge is 1.97. The van der Waals surface area contributed by atoms with Crippen LogP contribution >= 0.6 is 12.2 Å². The van der Waals surface area contributed by atoms with Gasteiger partial charge in [0.05, 0.1) is 0 Å². The molecule has 0 aliphatic heterocycles. The minimum absolute atomic E-state index is 0.568. The van der Waals surface area contributed by atoms with Gasteiger partial charge < -0.3 is 0 Å². The first-order valence-electron chi connectivity index (χ1n) is 4.00. The van der Waals surface area contributed by atoms with Crippen molar-refractivity contribution in [3.05, 3.63) is 40.9 Å². The molecule has 0 fully saturated rings. The van der Waals surface area contributed by atoms with Crippen LogP contribution in [0.3, 0.4) is 0 Å². The molecule has 14 heavy (non-hydrogen) atoms. The van der Waals surface area contributed by atoms with E-state index >= 15 is 0 Å². The number of hydrogen-bond donors (Lipinski definition) is 1. The van der Waals surface area contributed by atoms with Gasteiger partial charge in [0.15, 0.2) is 4.77 Å². The summed E-state index contributed by atoms with van der Waals surface area (Å²) in [6, 6.07) is 7.54. The molecular weight excluding hydrogens is 194 g/mol. The van der Waals surface area contributed by atoms with Gasteiger partial charge in [-0.25, -0.2) is 0 Å². The normalized spacial score (nSPS) is 9.64. The van der Waals surface area contributed by atoms with Gasteiger partial charge in [0, 0.05) is 11.3 Å². The highest BCUT2D eigenvalue weighted by Crippen LogP contribution is 2.08. The van der Waals surface area contributed by atoms with E-state index in [2.05, 4.69) is 16.1 Å². The molecule has 0 amide bonds. The van der Waals surface area contributed by atoms with Gasteiger partial charge in [-0.3, -0.25) is 9.67 Å². The van der Waals surface area contributed by atoms with Gasteiger partial charge in [0.1, 0.15) is 6.33 Å². The Morgan fingerprint density at radius 2 is 2.07 bits per heavy atom. The SMILES string of the molecule is C#Cc1ccc(-n2cn[nH]c2=S)cc1. The summed E-state index contributed by atoms with van der Waals surface area (Å²) in [4.78, 5) is 0. The molecule has 0 radical (unpaired) electrons. The molecule has 1 aromatic carbocycles. The number of benzene rings is 1. The molecule has 0 unspecified atom stereocenters. The average Bonchev–Trinajstić information content (AvgIpc) is 2.65. The molecule has 1 heterocycles. The molecule has 0 spiro atoms. The van der Waals surface area contributed by atoms with E-state index in [0.717, 1.165) is 11.3 Å². The van der Waals surface area contributed by atoms with Gasteiger partial charge in [-0.05, 0) is 36.5 Å². The van der Waals surface area contributed by atoms with Crippen molar-refractivity contribution in [3.8, 4) is 18.0 Å². The Labute approximate surface area is 86.4 Å². The average molecular weight is 201 g/mol. The van der Waals surface area contributed by atoms with Gasteiger partial charge >= 0.3 is 0 Å². The van der Waals surface area contributed by atoms with Crippen LogP contribution in [0.4, 0.5) is 0 Å². The largest absolute Gasteiger partial charge is 0.275 e. The van der Waals surface area contributed by atoms with E-state index in [1.54, 1.807) is 10.9 Å². The number of terminal acetylenes is 1. The quantitative estimate of drug-likeness (QED) is 0.565. The summed E-state index contributed by atoms with van der Waals surface area (Å²) < 4.78 is 2.34. The van der Waals surface area contributed by atoms with E-state index in [0.29, 0.717) is 4.77 Å². The fourth-order valence-corrected chi connectivity index (χ4v) is 1.36. The summed E-state index contributed by atoms with van der Waals surface area (Å²) in [5, 5.41) is 6.52. The summed E-state index contributed by atoms with van der Waals surface area (Å²) in [7, 11) is 0. The van der Waals surface area contributed by atoms with Crippen molar-refractivity contribution in [1.29, 1.82) is 0 Å². The van der Waals surface area contributed by atoms with Gasteiger partial charge in [-0.1, -0.05) is 5.92 Å². The van der Waals surface area contributed by atoms with Crippen LogP contribution in [0.15, 0.2) is 30.6 Å². The van der Waals surface area contributed by atoms with Crippen LogP contribution in [0.5, 0.6) is 0 Å². The zero-order valence-electron chi connectivity index (χ0n) is 7.27.